The summed E-state index contributed by atoms with van der Waals surface area (Å²) in [6, 6.07) is 8.86. The van der Waals surface area contributed by atoms with Gasteiger partial charge in [-0.15, -0.1) is 0 Å². The van der Waals surface area contributed by atoms with Gasteiger partial charge in [-0.25, -0.2) is 4.79 Å². The van der Waals surface area contributed by atoms with Gasteiger partial charge in [0.2, 0.25) is 0 Å². The third-order valence-corrected chi connectivity index (χ3v) is 4.45. The average molecular weight is 313 g/mol. The van der Waals surface area contributed by atoms with Crippen molar-refractivity contribution in [2.75, 3.05) is 13.1 Å². The SMILES string of the molecule is Cn1nccc1C(=O)N1CCC(c2ccccc2C(=O)O)CC1. The second kappa shape index (κ2) is 6.24. The number of rotatable bonds is 3. The Balaban J connectivity index is 1.71. The highest BCUT2D eigenvalue weighted by Gasteiger charge is 2.27. The van der Waals surface area contributed by atoms with Crippen LogP contribution < -0.4 is 0 Å². The van der Waals surface area contributed by atoms with E-state index < -0.39 is 5.97 Å². The Morgan fingerprint density at radius 1 is 1.17 bits per heavy atom. The predicted octanol–water partition coefficient (Wildman–Crippen LogP) is 2.14. The standard InChI is InChI=1S/C17H19N3O3/c1-19-15(6-9-18-19)16(21)20-10-7-12(8-11-20)13-4-2-3-5-14(13)17(22)23/h2-6,9,12H,7-8,10-11H2,1H3,(H,22,23). The van der Waals surface area contributed by atoms with Crippen LogP contribution in [0.4, 0.5) is 0 Å². The minimum absolute atomic E-state index is 0.0185. The number of carboxylic acids is 1. The number of hydrogen-bond donors (Lipinski definition) is 1. The Morgan fingerprint density at radius 3 is 2.48 bits per heavy atom. The van der Waals surface area contributed by atoms with Gasteiger partial charge in [-0.3, -0.25) is 9.48 Å². The van der Waals surface area contributed by atoms with E-state index in [-0.39, 0.29) is 11.8 Å². The van der Waals surface area contributed by atoms with Gasteiger partial charge in [-0.1, -0.05) is 18.2 Å². The van der Waals surface area contributed by atoms with E-state index in [4.69, 9.17) is 0 Å². The average Bonchev–Trinajstić information content (AvgIpc) is 3.00. The topological polar surface area (TPSA) is 75.4 Å². The first-order valence-electron chi connectivity index (χ1n) is 7.67. The highest BCUT2D eigenvalue weighted by molar-refractivity contribution is 5.92. The molecule has 2 aromatic rings. The van der Waals surface area contributed by atoms with E-state index in [2.05, 4.69) is 5.10 Å². The largest absolute Gasteiger partial charge is 0.478 e. The molecule has 0 unspecified atom stereocenters. The number of aromatic carboxylic acids is 1. The molecule has 1 amide bonds. The summed E-state index contributed by atoms with van der Waals surface area (Å²) in [4.78, 5) is 25.6. The highest BCUT2D eigenvalue weighted by atomic mass is 16.4. The molecule has 1 N–H and O–H groups in total. The molecule has 1 aromatic carbocycles. The summed E-state index contributed by atoms with van der Waals surface area (Å²) in [5.41, 5.74) is 1.81. The molecule has 2 heterocycles. The number of nitrogens with zero attached hydrogens (tertiary/aromatic N) is 3. The van der Waals surface area contributed by atoms with Gasteiger partial charge in [-0.05, 0) is 36.5 Å². The van der Waals surface area contributed by atoms with Crippen molar-refractivity contribution in [2.24, 2.45) is 7.05 Å². The van der Waals surface area contributed by atoms with E-state index in [9.17, 15) is 14.7 Å². The molecule has 1 aromatic heterocycles. The summed E-state index contributed by atoms with van der Waals surface area (Å²) in [5.74, 6) is -0.734. The Bertz CT molecular complexity index is 730. The number of piperidine rings is 1. The highest BCUT2D eigenvalue weighted by Crippen LogP contribution is 2.30. The zero-order valence-corrected chi connectivity index (χ0v) is 13.0. The molecule has 0 atom stereocenters. The third kappa shape index (κ3) is 2.97. The van der Waals surface area contributed by atoms with Gasteiger partial charge >= 0.3 is 5.97 Å². The number of aromatic nitrogens is 2. The normalized spacial score (nSPS) is 15.6. The Kier molecular flexibility index (Phi) is 4.14. The van der Waals surface area contributed by atoms with E-state index in [1.807, 2.05) is 17.0 Å². The van der Waals surface area contributed by atoms with Gasteiger partial charge in [0.1, 0.15) is 5.69 Å². The van der Waals surface area contributed by atoms with Crippen LogP contribution >= 0.6 is 0 Å². The molecule has 3 rings (SSSR count). The molecular weight excluding hydrogens is 294 g/mol. The molecule has 1 aliphatic heterocycles. The van der Waals surface area contributed by atoms with Crippen LogP contribution in [0.1, 0.15) is 45.2 Å². The summed E-state index contributed by atoms with van der Waals surface area (Å²) >= 11 is 0. The molecule has 1 aliphatic rings. The van der Waals surface area contributed by atoms with Gasteiger partial charge in [0.15, 0.2) is 0 Å². The molecular formula is C17H19N3O3. The van der Waals surface area contributed by atoms with Crippen LogP contribution in [-0.2, 0) is 7.05 Å². The molecule has 1 saturated heterocycles. The van der Waals surface area contributed by atoms with Crippen LogP contribution in [-0.4, -0.2) is 44.8 Å². The van der Waals surface area contributed by atoms with Gasteiger partial charge in [0.25, 0.3) is 5.91 Å². The lowest BCUT2D eigenvalue weighted by atomic mass is 9.86. The van der Waals surface area contributed by atoms with E-state index in [0.717, 1.165) is 18.4 Å². The Morgan fingerprint density at radius 2 is 1.87 bits per heavy atom. The lowest BCUT2D eigenvalue weighted by Crippen LogP contribution is -2.39. The van der Waals surface area contributed by atoms with Crippen molar-refractivity contribution < 1.29 is 14.7 Å². The molecule has 0 aliphatic carbocycles. The van der Waals surface area contributed by atoms with Crippen LogP contribution in [0.5, 0.6) is 0 Å². The maximum Gasteiger partial charge on any atom is 0.335 e. The number of carbonyl (C=O) groups is 2. The minimum atomic E-state index is -0.894. The Labute approximate surface area is 134 Å². The van der Waals surface area contributed by atoms with Crippen molar-refractivity contribution in [3.63, 3.8) is 0 Å². The van der Waals surface area contributed by atoms with E-state index in [0.29, 0.717) is 24.3 Å². The first-order valence-corrected chi connectivity index (χ1v) is 7.67. The summed E-state index contributed by atoms with van der Waals surface area (Å²) in [6.07, 6.45) is 3.16. The maximum absolute atomic E-state index is 12.5. The van der Waals surface area contributed by atoms with Crippen LogP contribution in [0.25, 0.3) is 0 Å². The summed E-state index contributed by atoms with van der Waals surface area (Å²) in [5, 5.41) is 13.3. The predicted molar refractivity (Wildman–Crippen MR) is 84.5 cm³/mol. The number of likely N-dealkylation sites (tertiary alicyclic amines) is 1. The monoisotopic (exact) mass is 313 g/mol. The van der Waals surface area contributed by atoms with Gasteiger partial charge in [0.05, 0.1) is 5.56 Å². The fraction of sp³-hybridized carbons (Fsp3) is 0.353. The number of aryl methyl sites for hydroxylation is 1. The van der Waals surface area contributed by atoms with Crippen LogP contribution in [0.3, 0.4) is 0 Å². The first-order chi connectivity index (χ1) is 11.1. The lowest BCUT2D eigenvalue weighted by Gasteiger charge is -2.32. The van der Waals surface area contributed by atoms with Crippen LogP contribution in [0.2, 0.25) is 0 Å². The first kappa shape index (κ1) is 15.3. The second-order valence-electron chi connectivity index (χ2n) is 5.80. The summed E-state index contributed by atoms with van der Waals surface area (Å²) < 4.78 is 1.58. The van der Waals surface area contributed by atoms with Crippen molar-refractivity contribution in [3.8, 4) is 0 Å². The molecule has 0 saturated carbocycles. The van der Waals surface area contributed by atoms with Gasteiger partial charge < -0.3 is 10.0 Å². The fourth-order valence-corrected chi connectivity index (χ4v) is 3.19. The second-order valence-corrected chi connectivity index (χ2v) is 5.80. The molecule has 1 fully saturated rings. The van der Waals surface area contributed by atoms with Crippen molar-refractivity contribution in [1.29, 1.82) is 0 Å². The number of amides is 1. The van der Waals surface area contributed by atoms with Gasteiger partial charge in [0, 0.05) is 26.3 Å². The molecule has 6 nitrogen and oxygen atoms in total. The molecule has 0 bridgehead atoms. The molecule has 0 spiro atoms. The Hall–Kier alpha value is -2.63. The number of benzene rings is 1. The van der Waals surface area contributed by atoms with Gasteiger partial charge in [-0.2, -0.15) is 5.10 Å². The minimum Gasteiger partial charge on any atom is -0.478 e. The number of carboxylic acid groups (broad SMARTS) is 1. The van der Waals surface area contributed by atoms with E-state index in [1.165, 1.54) is 0 Å². The quantitative estimate of drug-likeness (QED) is 0.942. The zero-order valence-electron chi connectivity index (χ0n) is 13.0. The van der Waals surface area contributed by atoms with Crippen molar-refractivity contribution >= 4 is 11.9 Å². The van der Waals surface area contributed by atoms with Crippen molar-refractivity contribution in [2.45, 2.75) is 18.8 Å². The fourth-order valence-electron chi connectivity index (χ4n) is 3.19. The molecule has 0 radical (unpaired) electrons. The molecule has 23 heavy (non-hydrogen) atoms. The third-order valence-electron chi connectivity index (χ3n) is 4.45. The molecule has 120 valence electrons. The lowest BCUT2D eigenvalue weighted by molar-refractivity contribution is 0.0676. The van der Waals surface area contributed by atoms with Crippen molar-refractivity contribution in [1.82, 2.24) is 14.7 Å². The smallest absolute Gasteiger partial charge is 0.335 e. The number of carbonyl (C=O) groups excluding carboxylic acids is 1. The maximum atomic E-state index is 12.5. The summed E-state index contributed by atoms with van der Waals surface area (Å²) in [7, 11) is 1.75. The van der Waals surface area contributed by atoms with E-state index >= 15 is 0 Å². The van der Waals surface area contributed by atoms with Crippen LogP contribution in [0.15, 0.2) is 36.5 Å². The van der Waals surface area contributed by atoms with Crippen LogP contribution in [0, 0.1) is 0 Å². The summed E-state index contributed by atoms with van der Waals surface area (Å²) in [6.45, 7) is 1.26. The zero-order chi connectivity index (χ0) is 16.4. The molecule has 6 heteroatoms. The van der Waals surface area contributed by atoms with E-state index in [1.54, 1.807) is 36.1 Å². The number of hydrogen-bond acceptors (Lipinski definition) is 3. The van der Waals surface area contributed by atoms with Crippen molar-refractivity contribution in [3.05, 3.63) is 53.3 Å².